The first-order valence-corrected chi connectivity index (χ1v) is 15.2. The molecule has 0 aliphatic heterocycles. The number of nitrogens with two attached hydrogens (primary N) is 1. The molecule has 13 heteroatoms. The molecule has 0 unspecified atom stereocenters. The lowest BCUT2D eigenvalue weighted by Gasteiger charge is -2.12. The Hall–Kier alpha value is -3.55. The van der Waals surface area contributed by atoms with Gasteiger partial charge in [-0.2, -0.15) is 18.3 Å². The molecule has 3 rings (SSSR count). The van der Waals surface area contributed by atoms with Gasteiger partial charge in [-0.3, -0.25) is 0 Å². The Morgan fingerprint density at radius 1 is 1.17 bits per heavy atom. The van der Waals surface area contributed by atoms with Crippen LogP contribution in [0.15, 0.2) is 65.4 Å². The van der Waals surface area contributed by atoms with E-state index in [1.807, 2.05) is 27.7 Å². The maximum Gasteiger partial charge on any atom is 0.433 e. The summed E-state index contributed by atoms with van der Waals surface area (Å²) < 4.78 is 72.2. The van der Waals surface area contributed by atoms with Crippen LogP contribution in [0.5, 0.6) is 0 Å². The van der Waals surface area contributed by atoms with Crippen molar-refractivity contribution < 1.29 is 31.1 Å². The zero-order valence-corrected chi connectivity index (χ0v) is 25.5. The molecule has 0 aliphatic rings. The number of aromatic nitrogens is 3. The number of primary sulfonamides is 1. The fourth-order valence-corrected chi connectivity index (χ4v) is 4.65. The van der Waals surface area contributed by atoms with Crippen molar-refractivity contribution in [2.75, 3.05) is 6.61 Å². The minimum absolute atomic E-state index is 0.00355. The molecule has 224 valence electrons. The van der Waals surface area contributed by atoms with E-state index in [9.17, 15) is 26.4 Å². The van der Waals surface area contributed by atoms with Gasteiger partial charge in [-0.1, -0.05) is 70.7 Å². The third-order valence-corrected chi connectivity index (χ3v) is 6.75. The second-order valence-corrected chi connectivity index (χ2v) is 9.94. The summed E-state index contributed by atoms with van der Waals surface area (Å²) in [6.45, 7) is 15.1. The Morgan fingerprint density at radius 3 is 2.27 bits per heavy atom. The Balaban J connectivity index is 0.00000201. The van der Waals surface area contributed by atoms with E-state index in [0.29, 0.717) is 15.8 Å². The van der Waals surface area contributed by atoms with Gasteiger partial charge in [0, 0.05) is 22.9 Å². The fraction of sp³-hybridized carbons (Fsp3) is 0.321. The summed E-state index contributed by atoms with van der Waals surface area (Å²) in [6, 6.07) is 5.20. The highest BCUT2D eigenvalue weighted by Gasteiger charge is 2.41. The van der Waals surface area contributed by atoms with Gasteiger partial charge in [0.2, 0.25) is 15.2 Å². The van der Waals surface area contributed by atoms with E-state index >= 15 is 0 Å². The van der Waals surface area contributed by atoms with Gasteiger partial charge in [-0.15, -0.1) is 11.3 Å². The number of thiazole rings is 1. The maximum atomic E-state index is 14.5. The fourth-order valence-electron chi connectivity index (χ4n) is 3.38. The molecule has 0 saturated carbocycles. The number of halogens is 3. The monoisotopic (exact) mass is 612 g/mol. The molecule has 2 N–H and O–H groups in total. The van der Waals surface area contributed by atoms with E-state index in [-0.39, 0.29) is 40.0 Å². The minimum atomic E-state index is -4.86. The molecule has 3 aromatic rings. The van der Waals surface area contributed by atoms with Gasteiger partial charge in [-0.05, 0) is 31.5 Å². The highest BCUT2D eigenvalue weighted by Crippen LogP contribution is 2.39. The predicted molar refractivity (Wildman–Crippen MR) is 156 cm³/mol. The number of hydrogen-bond donors (Lipinski definition) is 1. The number of rotatable bonds is 9. The van der Waals surface area contributed by atoms with Crippen molar-refractivity contribution in [3.63, 3.8) is 0 Å². The molecule has 0 spiro atoms. The molecule has 0 fully saturated rings. The molecule has 41 heavy (non-hydrogen) atoms. The summed E-state index contributed by atoms with van der Waals surface area (Å²) in [4.78, 5) is 15.9. The van der Waals surface area contributed by atoms with Crippen LogP contribution in [0.4, 0.5) is 13.2 Å². The molecule has 2 aromatic heterocycles. The number of benzene rings is 1. The Morgan fingerprint density at radius 2 is 1.78 bits per heavy atom. The maximum absolute atomic E-state index is 14.5. The van der Waals surface area contributed by atoms with Crippen LogP contribution < -0.4 is 5.14 Å². The van der Waals surface area contributed by atoms with Crippen molar-refractivity contribution in [1.82, 2.24) is 14.8 Å². The van der Waals surface area contributed by atoms with Gasteiger partial charge in [0.1, 0.15) is 0 Å². The smallest absolute Gasteiger partial charge is 0.433 e. The number of carbonyl (C=O) groups is 1. The summed E-state index contributed by atoms with van der Waals surface area (Å²) in [6.07, 6.45) is 1.18. The van der Waals surface area contributed by atoms with Crippen molar-refractivity contribution in [2.24, 2.45) is 5.14 Å². The van der Waals surface area contributed by atoms with Gasteiger partial charge in [-0.25, -0.2) is 28.0 Å². The van der Waals surface area contributed by atoms with Crippen LogP contribution in [-0.4, -0.2) is 35.8 Å². The second-order valence-electron chi connectivity index (χ2n) is 7.54. The van der Waals surface area contributed by atoms with Crippen LogP contribution in [0.3, 0.4) is 0 Å². The van der Waals surface area contributed by atoms with Crippen molar-refractivity contribution in [3.05, 3.63) is 88.7 Å². The van der Waals surface area contributed by atoms with E-state index in [0.717, 1.165) is 11.3 Å². The average Bonchev–Trinajstić information content (AvgIpc) is 3.57. The summed E-state index contributed by atoms with van der Waals surface area (Å²) in [5, 5.41) is 10.5. The first kappa shape index (κ1) is 35.5. The number of allylic oxidation sites excluding steroid dienone is 5. The highest BCUT2D eigenvalue weighted by atomic mass is 32.2. The van der Waals surface area contributed by atoms with Crippen LogP contribution >= 0.6 is 11.3 Å². The van der Waals surface area contributed by atoms with Gasteiger partial charge >= 0.3 is 12.1 Å². The Labute approximate surface area is 243 Å². The largest absolute Gasteiger partial charge is 0.461 e. The summed E-state index contributed by atoms with van der Waals surface area (Å²) in [7, 11) is -3.97. The van der Waals surface area contributed by atoms with E-state index < -0.39 is 27.9 Å². The number of ether oxygens (including phenoxy) is 1. The average molecular weight is 613 g/mol. The number of sulfonamides is 1. The number of alkyl halides is 3. The van der Waals surface area contributed by atoms with Crippen LogP contribution in [0, 0.1) is 0 Å². The number of hydrogen-bond acceptors (Lipinski definition) is 7. The number of carbonyl (C=O) groups excluding carboxylic acids is 1. The van der Waals surface area contributed by atoms with Crippen LogP contribution in [0.2, 0.25) is 0 Å². The van der Waals surface area contributed by atoms with Gasteiger partial charge in [0.15, 0.2) is 11.4 Å². The summed E-state index contributed by atoms with van der Waals surface area (Å²) >= 11 is 0.806. The molecule has 2 heterocycles. The molecule has 0 atom stereocenters. The normalized spacial score (nSPS) is 11.8. The standard InChI is InChI=1S/C24H23F3N4O4S2.2C2H6/c1-4-7-8-16(5-2)20-18(13-15-9-11-17(12-10-15)37(28,33)34)21(24(25,26)27)31(30-20)23-29-19(14-36-23)22(32)35-6-3;2*1-2/h4-5,7-12,14H,2,6,13H2,1,3H3,(H2,28,33,34);2*1-2H3/b7-4-,16-8+;;. The lowest BCUT2D eigenvalue weighted by atomic mass is 9.98. The molecule has 8 nitrogen and oxygen atoms in total. The van der Waals surface area contributed by atoms with Crippen LogP contribution in [-0.2, 0) is 27.4 Å². The molecular weight excluding hydrogens is 577 g/mol. The molecule has 0 saturated heterocycles. The van der Waals surface area contributed by atoms with E-state index in [4.69, 9.17) is 9.88 Å². The quantitative estimate of drug-likeness (QED) is 0.206. The molecule has 0 amide bonds. The van der Waals surface area contributed by atoms with Crippen molar-refractivity contribution in [1.29, 1.82) is 0 Å². The zero-order chi connectivity index (χ0) is 31.4. The van der Waals surface area contributed by atoms with E-state index in [2.05, 4.69) is 16.7 Å². The molecule has 0 radical (unpaired) electrons. The lowest BCUT2D eigenvalue weighted by Crippen LogP contribution is -2.16. The Bertz CT molecular complexity index is 1470. The first-order chi connectivity index (χ1) is 19.4. The van der Waals surface area contributed by atoms with Crippen molar-refractivity contribution in [3.8, 4) is 5.13 Å². The number of esters is 1. The minimum Gasteiger partial charge on any atom is -0.461 e. The molecule has 0 bridgehead atoms. The molecular formula is C28H35F3N4O4S2. The van der Waals surface area contributed by atoms with Crippen molar-refractivity contribution >= 4 is 32.9 Å². The van der Waals surface area contributed by atoms with E-state index in [1.54, 1.807) is 32.1 Å². The molecule has 1 aromatic carbocycles. The zero-order valence-electron chi connectivity index (χ0n) is 23.8. The predicted octanol–water partition coefficient (Wildman–Crippen LogP) is 6.96. The third kappa shape index (κ3) is 9.23. The summed E-state index contributed by atoms with van der Waals surface area (Å²) in [5.74, 6) is -0.763. The van der Waals surface area contributed by atoms with Gasteiger partial charge in [0.25, 0.3) is 0 Å². The lowest BCUT2D eigenvalue weighted by molar-refractivity contribution is -0.143. The SMILES string of the molecule is C=C/C(=C\C=C/C)c1nn(-c2nc(C(=O)OCC)cs2)c(C(F)(F)F)c1Cc1ccc(S(N)(=O)=O)cc1.CC.CC. The molecule has 0 aliphatic carbocycles. The summed E-state index contributed by atoms with van der Waals surface area (Å²) in [5.41, 5.74) is -0.694. The van der Waals surface area contributed by atoms with Crippen molar-refractivity contribution in [2.45, 2.75) is 59.0 Å². The van der Waals surface area contributed by atoms with E-state index in [1.165, 1.54) is 35.7 Å². The Kier molecular flexibility index (Phi) is 13.9. The topological polar surface area (TPSA) is 117 Å². The van der Waals surface area contributed by atoms with Gasteiger partial charge in [0.05, 0.1) is 17.2 Å². The van der Waals surface area contributed by atoms with Gasteiger partial charge < -0.3 is 4.74 Å². The third-order valence-electron chi connectivity index (χ3n) is 5.00. The van der Waals surface area contributed by atoms with Crippen LogP contribution in [0.25, 0.3) is 10.7 Å². The highest BCUT2D eigenvalue weighted by molar-refractivity contribution is 7.89. The second kappa shape index (κ2) is 16.0. The number of nitrogens with zero attached hydrogens (tertiary/aromatic N) is 3. The first-order valence-electron chi connectivity index (χ1n) is 12.8. The van der Waals surface area contributed by atoms with Crippen LogP contribution in [0.1, 0.15) is 74.5 Å².